The molecule has 0 aromatic heterocycles. The summed E-state index contributed by atoms with van der Waals surface area (Å²) < 4.78 is 5.60. The average Bonchev–Trinajstić information content (AvgIpc) is 3.77. The number of alkyl carbamates (subject to hydrolysis) is 1. The van der Waals surface area contributed by atoms with E-state index in [1.54, 1.807) is 7.05 Å². The monoisotopic (exact) mass is 462 g/mol. The Morgan fingerprint density at radius 2 is 1.65 bits per heavy atom. The second-order valence-electron chi connectivity index (χ2n) is 9.82. The molecule has 1 atom stereocenters. The number of nitrogens with one attached hydrogen (secondary N) is 1. The molecule has 178 valence electrons. The molecule has 0 radical (unpaired) electrons. The van der Waals surface area contributed by atoms with Gasteiger partial charge in [0.25, 0.3) is 0 Å². The highest BCUT2D eigenvalue weighted by Gasteiger charge is 2.56. The lowest BCUT2D eigenvalue weighted by molar-refractivity contribution is -0.152. The molecule has 2 amide bonds. The van der Waals surface area contributed by atoms with Crippen LogP contribution in [0, 0.1) is 11.8 Å². The van der Waals surface area contributed by atoms with Crippen LogP contribution in [-0.2, 0) is 14.3 Å². The highest BCUT2D eigenvalue weighted by Crippen LogP contribution is 2.45. The number of carbonyl (C=O) groups is 3. The average molecular weight is 463 g/mol. The summed E-state index contributed by atoms with van der Waals surface area (Å²) in [7, 11) is 1.57. The molecule has 0 saturated heterocycles. The Labute approximate surface area is 199 Å². The van der Waals surface area contributed by atoms with Crippen molar-refractivity contribution in [1.29, 1.82) is 0 Å². The summed E-state index contributed by atoms with van der Waals surface area (Å²) in [4.78, 5) is 38.7. The maximum atomic E-state index is 13.1. The molecule has 0 aliphatic heterocycles. The molecule has 7 nitrogen and oxygen atoms in total. The highest BCUT2D eigenvalue weighted by atomic mass is 16.5. The number of fused-ring (bicyclic) bond motifs is 3. The largest absolute Gasteiger partial charge is 0.479 e. The summed E-state index contributed by atoms with van der Waals surface area (Å²) in [6.07, 6.45) is 3.19. The van der Waals surface area contributed by atoms with Gasteiger partial charge in [-0.15, -0.1) is 0 Å². The highest BCUT2D eigenvalue weighted by molar-refractivity contribution is 5.90. The van der Waals surface area contributed by atoms with Gasteiger partial charge in [0.15, 0.2) is 0 Å². The minimum atomic E-state index is -1.08. The quantitative estimate of drug-likeness (QED) is 0.587. The topological polar surface area (TPSA) is 95.9 Å². The van der Waals surface area contributed by atoms with Gasteiger partial charge in [0.2, 0.25) is 5.91 Å². The third-order valence-corrected chi connectivity index (χ3v) is 7.59. The maximum Gasteiger partial charge on any atom is 0.407 e. The van der Waals surface area contributed by atoms with Gasteiger partial charge in [-0.05, 0) is 47.4 Å². The first-order valence-electron chi connectivity index (χ1n) is 12.0. The summed E-state index contributed by atoms with van der Waals surface area (Å²) in [5.41, 5.74) is 3.53. The van der Waals surface area contributed by atoms with Gasteiger partial charge in [0.05, 0.1) is 5.92 Å². The summed E-state index contributed by atoms with van der Waals surface area (Å²) in [6, 6.07) is 16.3. The number of aliphatic carboxylic acids is 1. The van der Waals surface area contributed by atoms with E-state index in [2.05, 4.69) is 29.6 Å². The number of hydrogen-bond acceptors (Lipinski definition) is 4. The van der Waals surface area contributed by atoms with Gasteiger partial charge >= 0.3 is 12.1 Å². The van der Waals surface area contributed by atoms with Crippen molar-refractivity contribution in [3.8, 4) is 11.1 Å². The number of carboxylic acids is 1. The third kappa shape index (κ3) is 4.15. The van der Waals surface area contributed by atoms with Gasteiger partial charge in [-0.3, -0.25) is 4.79 Å². The lowest BCUT2D eigenvalue weighted by Crippen LogP contribution is -2.49. The van der Waals surface area contributed by atoms with E-state index in [0.717, 1.165) is 35.1 Å². The standard InChI is InChI=1S/C27H30N2O5/c1-29(27(12-13-27)25(31)32)24(30)18(14-17-10-11-17)15-28-26(33)34-16-23-21-8-4-2-6-19(21)20-7-3-5-9-22(20)23/h2-9,17-18,23H,10-16H2,1H3,(H,28,33)(H,31,32). The Morgan fingerprint density at radius 3 is 2.18 bits per heavy atom. The molecule has 0 bridgehead atoms. The van der Waals surface area contributed by atoms with Crippen molar-refractivity contribution >= 4 is 18.0 Å². The number of carboxylic acid groups (broad SMARTS) is 1. The Morgan fingerprint density at radius 1 is 1.06 bits per heavy atom. The molecule has 2 fully saturated rings. The molecule has 1 unspecified atom stereocenters. The zero-order valence-corrected chi connectivity index (χ0v) is 19.3. The molecule has 0 spiro atoms. The van der Waals surface area contributed by atoms with E-state index in [0.29, 0.717) is 25.2 Å². The van der Waals surface area contributed by atoms with Crippen molar-refractivity contribution in [2.75, 3.05) is 20.2 Å². The second-order valence-corrected chi connectivity index (χ2v) is 9.82. The van der Waals surface area contributed by atoms with Crippen LogP contribution in [0.4, 0.5) is 4.79 Å². The fourth-order valence-electron chi connectivity index (χ4n) is 5.18. The van der Waals surface area contributed by atoms with Gasteiger partial charge in [0.1, 0.15) is 12.1 Å². The van der Waals surface area contributed by atoms with Crippen LogP contribution in [0.2, 0.25) is 0 Å². The Balaban J connectivity index is 1.20. The minimum absolute atomic E-state index is 0.0292. The number of nitrogens with zero attached hydrogens (tertiary/aromatic N) is 1. The zero-order chi connectivity index (χ0) is 23.9. The molecular weight excluding hydrogens is 432 g/mol. The second kappa shape index (κ2) is 8.78. The Bertz CT molecular complexity index is 1080. The van der Waals surface area contributed by atoms with Gasteiger partial charge < -0.3 is 20.1 Å². The van der Waals surface area contributed by atoms with E-state index in [1.165, 1.54) is 4.90 Å². The minimum Gasteiger partial charge on any atom is -0.479 e. The Hall–Kier alpha value is -3.35. The predicted molar refractivity (Wildman–Crippen MR) is 126 cm³/mol. The molecule has 34 heavy (non-hydrogen) atoms. The molecule has 2 saturated carbocycles. The van der Waals surface area contributed by atoms with Crippen LogP contribution < -0.4 is 5.32 Å². The number of likely N-dealkylation sites (N-methyl/N-ethyl adjacent to an activating group) is 1. The predicted octanol–water partition coefficient (Wildman–Crippen LogP) is 4.02. The zero-order valence-electron chi connectivity index (χ0n) is 19.3. The van der Waals surface area contributed by atoms with E-state index in [4.69, 9.17) is 4.74 Å². The number of rotatable bonds is 9. The first-order valence-corrected chi connectivity index (χ1v) is 12.0. The molecule has 3 aliphatic carbocycles. The van der Waals surface area contributed by atoms with Crippen LogP contribution >= 0.6 is 0 Å². The summed E-state index contributed by atoms with van der Waals surface area (Å²) >= 11 is 0. The SMILES string of the molecule is CN(C(=O)C(CNC(=O)OCC1c2ccccc2-c2ccccc21)CC1CC1)C1(C(=O)O)CC1. The number of hydrogen-bond donors (Lipinski definition) is 2. The molecule has 2 aromatic carbocycles. The number of benzene rings is 2. The lowest BCUT2D eigenvalue weighted by Gasteiger charge is -2.29. The van der Waals surface area contributed by atoms with Gasteiger partial charge in [-0.25, -0.2) is 9.59 Å². The first kappa shape index (κ1) is 22.4. The van der Waals surface area contributed by atoms with Gasteiger partial charge in [0, 0.05) is 19.5 Å². The summed E-state index contributed by atoms with van der Waals surface area (Å²) in [5.74, 6) is -1.19. The van der Waals surface area contributed by atoms with Crippen molar-refractivity contribution in [2.45, 2.75) is 43.6 Å². The van der Waals surface area contributed by atoms with Crippen LogP contribution in [0.3, 0.4) is 0 Å². The van der Waals surface area contributed by atoms with Crippen LogP contribution in [0.15, 0.2) is 48.5 Å². The molecular formula is C27H30N2O5. The number of carbonyl (C=O) groups excluding carboxylic acids is 2. The van der Waals surface area contributed by atoms with Crippen LogP contribution in [-0.4, -0.2) is 53.7 Å². The van der Waals surface area contributed by atoms with Crippen molar-refractivity contribution in [3.05, 3.63) is 59.7 Å². The van der Waals surface area contributed by atoms with Crippen LogP contribution in [0.1, 0.15) is 49.1 Å². The fourth-order valence-corrected chi connectivity index (χ4v) is 5.18. The van der Waals surface area contributed by atoms with E-state index >= 15 is 0 Å². The number of ether oxygens (including phenoxy) is 1. The molecule has 7 heteroatoms. The Kier molecular flexibility index (Phi) is 5.80. The van der Waals surface area contributed by atoms with E-state index in [9.17, 15) is 19.5 Å². The van der Waals surface area contributed by atoms with Gasteiger partial charge in [-0.2, -0.15) is 0 Å². The van der Waals surface area contributed by atoms with E-state index in [-0.39, 0.29) is 25.0 Å². The van der Waals surface area contributed by atoms with Crippen molar-refractivity contribution in [2.24, 2.45) is 11.8 Å². The summed E-state index contributed by atoms with van der Waals surface area (Å²) in [5, 5.41) is 12.3. The molecule has 0 heterocycles. The fraction of sp³-hybridized carbons (Fsp3) is 0.444. The first-order chi connectivity index (χ1) is 16.4. The van der Waals surface area contributed by atoms with E-state index < -0.39 is 23.5 Å². The van der Waals surface area contributed by atoms with Gasteiger partial charge in [-0.1, -0.05) is 61.4 Å². The molecule has 5 rings (SSSR count). The molecule has 2 N–H and O–H groups in total. The van der Waals surface area contributed by atoms with Crippen molar-refractivity contribution in [3.63, 3.8) is 0 Å². The third-order valence-electron chi connectivity index (χ3n) is 7.59. The smallest absolute Gasteiger partial charge is 0.407 e. The van der Waals surface area contributed by atoms with Crippen molar-refractivity contribution in [1.82, 2.24) is 10.2 Å². The maximum absolute atomic E-state index is 13.1. The normalized spacial score (nSPS) is 18.4. The molecule has 2 aromatic rings. The molecule has 3 aliphatic rings. The van der Waals surface area contributed by atoms with Crippen molar-refractivity contribution < 1.29 is 24.2 Å². The number of amides is 2. The lowest BCUT2D eigenvalue weighted by atomic mass is 9.98. The van der Waals surface area contributed by atoms with Crippen LogP contribution in [0.25, 0.3) is 11.1 Å². The summed E-state index contributed by atoms with van der Waals surface area (Å²) in [6.45, 7) is 0.356. The van der Waals surface area contributed by atoms with Crippen LogP contribution in [0.5, 0.6) is 0 Å². The van der Waals surface area contributed by atoms with E-state index in [1.807, 2.05) is 24.3 Å².